The van der Waals surface area contributed by atoms with Crippen molar-refractivity contribution in [3.63, 3.8) is 0 Å². The van der Waals surface area contributed by atoms with Crippen LogP contribution in [0.15, 0.2) is 121 Å². The minimum Gasteiger partial charge on any atom is -0.411 e. The van der Waals surface area contributed by atoms with Gasteiger partial charge in [0.05, 0.1) is 6.54 Å². The van der Waals surface area contributed by atoms with Gasteiger partial charge in [-0.25, -0.2) is 4.79 Å². The van der Waals surface area contributed by atoms with Gasteiger partial charge in [0.15, 0.2) is 0 Å². The molecule has 0 atom stereocenters. The third-order valence-corrected chi connectivity index (χ3v) is 5.74. The number of hydrogen-bond donors (Lipinski definition) is 0. The second-order valence-electron chi connectivity index (χ2n) is 8.19. The van der Waals surface area contributed by atoms with E-state index in [0.717, 1.165) is 28.2 Å². The van der Waals surface area contributed by atoms with Crippen LogP contribution in [0.4, 0.5) is 21.9 Å². The van der Waals surface area contributed by atoms with Gasteiger partial charge in [-0.05, 0) is 60.0 Å². The van der Waals surface area contributed by atoms with Gasteiger partial charge in [-0.15, -0.1) is 0 Å². The van der Waals surface area contributed by atoms with Gasteiger partial charge in [-0.3, -0.25) is 4.84 Å². The number of hydrogen-bond acceptors (Lipinski definition) is 4. The molecule has 0 saturated carbocycles. The Balaban J connectivity index is 1.27. The van der Waals surface area contributed by atoms with E-state index in [9.17, 15) is 4.79 Å². The zero-order chi connectivity index (χ0) is 23.9. The van der Waals surface area contributed by atoms with Crippen LogP contribution in [0.1, 0.15) is 11.1 Å². The highest BCUT2D eigenvalue weighted by Crippen LogP contribution is 2.34. The number of anilines is 3. The average molecular weight is 463 g/mol. The van der Waals surface area contributed by atoms with Crippen molar-refractivity contribution in [2.45, 2.75) is 6.42 Å². The van der Waals surface area contributed by atoms with Crippen molar-refractivity contribution < 1.29 is 14.4 Å². The fourth-order valence-corrected chi connectivity index (χ4v) is 4.00. The molecule has 1 aliphatic rings. The lowest BCUT2D eigenvalue weighted by Gasteiger charge is -2.27. The summed E-state index contributed by atoms with van der Waals surface area (Å²) in [6, 6.07) is 38.6. The minimum atomic E-state index is -0.491. The standard InChI is InChI=1S/C30H26N2O3/c33-30-31(21-20-24-10-4-1-5-11-24)34-23-29(35-30)22-25-16-18-28(19-17-25)32(26-12-6-2-7-13-26)27-14-8-3-9-15-27/h1-19,22H,20-21,23H2/b29-22+. The van der Waals surface area contributed by atoms with Crippen LogP contribution in [-0.4, -0.2) is 24.3 Å². The molecule has 0 N–H and O–H groups in total. The van der Waals surface area contributed by atoms with Crippen LogP contribution in [0, 0.1) is 0 Å². The van der Waals surface area contributed by atoms with Gasteiger partial charge in [-0.2, -0.15) is 5.06 Å². The first-order valence-corrected chi connectivity index (χ1v) is 11.6. The summed E-state index contributed by atoms with van der Waals surface area (Å²) in [6.45, 7) is 0.655. The van der Waals surface area contributed by atoms with Crippen molar-refractivity contribution in [2.75, 3.05) is 18.1 Å². The number of ether oxygens (including phenoxy) is 1. The van der Waals surface area contributed by atoms with E-state index >= 15 is 0 Å². The predicted octanol–water partition coefficient (Wildman–Crippen LogP) is 7.12. The van der Waals surface area contributed by atoms with Crippen molar-refractivity contribution in [1.29, 1.82) is 0 Å². The Morgan fingerprint density at radius 1 is 0.714 bits per heavy atom. The highest BCUT2D eigenvalue weighted by molar-refractivity contribution is 5.77. The van der Waals surface area contributed by atoms with E-state index in [2.05, 4.69) is 41.3 Å². The van der Waals surface area contributed by atoms with Crippen LogP contribution in [0.25, 0.3) is 6.08 Å². The summed E-state index contributed by atoms with van der Waals surface area (Å²) in [5, 5.41) is 1.28. The molecule has 0 aliphatic carbocycles. The third-order valence-electron chi connectivity index (χ3n) is 5.74. The number of benzene rings is 4. The summed E-state index contributed by atoms with van der Waals surface area (Å²) in [5.74, 6) is 0.488. The molecule has 0 unspecified atom stereocenters. The van der Waals surface area contributed by atoms with Crippen LogP contribution < -0.4 is 4.90 Å². The van der Waals surface area contributed by atoms with Crippen molar-refractivity contribution >= 4 is 29.2 Å². The largest absolute Gasteiger partial charge is 0.439 e. The molecule has 1 fully saturated rings. The van der Waals surface area contributed by atoms with E-state index in [1.165, 1.54) is 5.06 Å². The first-order chi connectivity index (χ1) is 17.3. The average Bonchev–Trinajstić information content (AvgIpc) is 2.91. The molecule has 4 aromatic carbocycles. The number of cyclic esters (lactones) is 1. The van der Waals surface area contributed by atoms with Crippen molar-refractivity contribution in [3.05, 3.63) is 132 Å². The molecule has 0 spiro atoms. The van der Waals surface area contributed by atoms with Crippen LogP contribution in [0.5, 0.6) is 0 Å². The molecule has 4 aromatic rings. The maximum absolute atomic E-state index is 12.4. The summed E-state index contributed by atoms with van der Waals surface area (Å²) in [7, 11) is 0. The molecule has 5 rings (SSSR count). The van der Waals surface area contributed by atoms with Gasteiger partial charge in [0.1, 0.15) is 12.4 Å². The van der Waals surface area contributed by atoms with E-state index in [0.29, 0.717) is 18.7 Å². The molecule has 0 aromatic heterocycles. The Morgan fingerprint density at radius 2 is 1.26 bits per heavy atom. The second-order valence-corrected chi connectivity index (χ2v) is 8.19. The summed E-state index contributed by atoms with van der Waals surface area (Å²) in [4.78, 5) is 20.3. The van der Waals surface area contributed by atoms with Gasteiger partial charge in [-0.1, -0.05) is 78.9 Å². The Bertz CT molecular complexity index is 1230. The first-order valence-electron chi connectivity index (χ1n) is 11.6. The Labute approximate surface area is 205 Å². The lowest BCUT2D eigenvalue weighted by atomic mass is 10.1. The highest BCUT2D eigenvalue weighted by Gasteiger charge is 2.24. The highest BCUT2D eigenvalue weighted by atomic mass is 16.8. The molecular weight excluding hydrogens is 436 g/mol. The van der Waals surface area contributed by atoms with Crippen molar-refractivity contribution in [3.8, 4) is 0 Å². The monoisotopic (exact) mass is 462 g/mol. The summed E-state index contributed by atoms with van der Waals surface area (Å²) >= 11 is 0. The van der Waals surface area contributed by atoms with Crippen molar-refractivity contribution in [1.82, 2.24) is 5.06 Å². The smallest absolute Gasteiger partial charge is 0.411 e. The molecule has 0 radical (unpaired) electrons. The van der Waals surface area contributed by atoms with Gasteiger partial charge < -0.3 is 9.64 Å². The SMILES string of the molecule is O=C1O/C(=C/c2ccc(N(c3ccccc3)c3ccccc3)cc2)CON1CCc1ccccc1. The van der Waals surface area contributed by atoms with Gasteiger partial charge >= 0.3 is 6.09 Å². The molecule has 174 valence electrons. The Morgan fingerprint density at radius 3 is 1.83 bits per heavy atom. The van der Waals surface area contributed by atoms with Crippen LogP contribution in [0.2, 0.25) is 0 Å². The summed E-state index contributed by atoms with van der Waals surface area (Å²) < 4.78 is 5.52. The molecule has 1 aliphatic heterocycles. The summed E-state index contributed by atoms with van der Waals surface area (Å²) in [6.07, 6.45) is 2.05. The quantitative estimate of drug-likeness (QED) is 0.293. The first kappa shape index (κ1) is 22.4. The van der Waals surface area contributed by atoms with E-state index in [1.54, 1.807) is 0 Å². The minimum absolute atomic E-state index is 0.211. The number of hydroxylamine groups is 2. The normalized spacial score (nSPS) is 14.6. The van der Waals surface area contributed by atoms with E-state index < -0.39 is 6.09 Å². The summed E-state index contributed by atoms with van der Waals surface area (Å²) in [5.41, 5.74) is 5.27. The number of amides is 1. The fourth-order valence-electron chi connectivity index (χ4n) is 4.00. The van der Waals surface area contributed by atoms with E-state index in [-0.39, 0.29) is 6.61 Å². The molecule has 5 heteroatoms. The number of carbonyl (C=O) groups excluding carboxylic acids is 1. The number of para-hydroxylation sites is 2. The van der Waals surface area contributed by atoms with Gasteiger partial charge in [0.2, 0.25) is 0 Å². The molecule has 0 bridgehead atoms. The zero-order valence-corrected chi connectivity index (χ0v) is 19.3. The van der Waals surface area contributed by atoms with Crippen LogP contribution >= 0.6 is 0 Å². The third kappa shape index (κ3) is 5.60. The van der Waals surface area contributed by atoms with Crippen LogP contribution in [0.3, 0.4) is 0 Å². The lowest BCUT2D eigenvalue weighted by molar-refractivity contribution is -0.154. The van der Waals surface area contributed by atoms with Crippen molar-refractivity contribution in [2.24, 2.45) is 0 Å². The van der Waals surface area contributed by atoms with E-state index in [1.807, 2.05) is 84.9 Å². The molecule has 1 heterocycles. The molecule has 5 nitrogen and oxygen atoms in total. The molecule has 35 heavy (non-hydrogen) atoms. The number of rotatable bonds is 7. The topological polar surface area (TPSA) is 42.0 Å². The Kier molecular flexibility index (Phi) is 6.87. The van der Waals surface area contributed by atoms with Gasteiger partial charge in [0.25, 0.3) is 0 Å². The molecule has 1 saturated heterocycles. The number of nitrogens with zero attached hydrogens (tertiary/aromatic N) is 2. The zero-order valence-electron chi connectivity index (χ0n) is 19.3. The molecule has 1 amide bonds. The fraction of sp³-hybridized carbons (Fsp3) is 0.100. The predicted molar refractivity (Wildman–Crippen MR) is 138 cm³/mol. The van der Waals surface area contributed by atoms with Gasteiger partial charge in [0, 0.05) is 17.1 Å². The molecular formula is C30H26N2O3. The maximum atomic E-state index is 12.4. The number of carbonyl (C=O) groups is 1. The maximum Gasteiger partial charge on any atom is 0.439 e. The van der Waals surface area contributed by atoms with Crippen LogP contribution in [-0.2, 0) is 16.0 Å². The lowest BCUT2D eigenvalue weighted by Crippen LogP contribution is -2.38. The Hall–Kier alpha value is -4.35. The van der Waals surface area contributed by atoms with E-state index in [4.69, 9.17) is 9.57 Å². The second kappa shape index (κ2) is 10.7.